The highest BCUT2D eigenvalue weighted by molar-refractivity contribution is 5.94. The summed E-state index contributed by atoms with van der Waals surface area (Å²) >= 11 is 0. The van der Waals surface area contributed by atoms with Crippen molar-refractivity contribution >= 4 is 5.91 Å². The fourth-order valence-electron chi connectivity index (χ4n) is 2.44. The normalized spacial score (nSPS) is 22.8. The Morgan fingerprint density at radius 3 is 2.79 bits per heavy atom. The van der Waals surface area contributed by atoms with Crippen molar-refractivity contribution in [1.29, 1.82) is 0 Å². The summed E-state index contributed by atoms with van der Waals surface area (Å²) in [5.41, 5.74) is 0.683. The zero-order valence-corrected chi connectivity index (χ0v) is 11.6. The largest absolute Gasteiger partial charge is 0.497 e. The van der Waals surface area contributed by atoms with Crippen LogP contribution in [0.4, 0.5) is 0 Å². The van der Waals surface area contributed by atoms with Crippen LogP contribution in [0.3, 0.4) is 0 Å². The maximum atomic E-state index is 12.0. The van der Waals surface area contributed by atoms with Gasteiger partial charge in [-0.15, -0.1) is 0 Å². The number of hydrogen-bond donors (Lipinski definition) is 2. The average molecular weight is 262 g/mol. The highest BCUT2D eigenvalue weighted by atomic mass is 16.5. The lowest BCUT2D eigenvalue weighted by molar-refractivity contribution is 0.0938. The van der Waals surface area contributed by atoms with Gasteiger partial charge >= 0.3 is 0 Å². The quantitative estimate of drug-likeness (QED) is 0.868. The Morgan fingerprint density at radius 1 is 1.42 bits per heavy atom. The number of hydrogen-bond acceptors (Lipinski definition) is 3. The summed E-state index contributed by atoms with van der Waals surface area (Å²) in [5.74, 6) is 1.95. The number of nitrogens with one attached hydrogen (secondary N) is 2. The minimum atomic E-state index is -0.00612. The molecule has 0 spiro atoms. The molecule has 1 aromatic carbocycles. The Labute approximate surface area is 114 Å². The topological polar surface area (TPSA) is 50.4 Å². The van der Waals surface area contributed by atoms with E-state index in [1.165, 1.54) is 0 Å². The van der Waals surface area contributed by atoms with E-state index < -0.39 is 0 Å². The summed E-state index contributed by atoms with van der Waals surface area (Å²) in [6.45, 7) is 5.08. The molecule has 1 amide bonds. The van der Waals surface area contributed by atoms with Crippen molar-refractivity contribution in [2.45, 2.75) is 13.3 Å². The maximum absolute atomic E-state index is 12.0. The van der Waals surface area contributed by atoms with Crippen molar-refractivity contribution in [1.82, 2.24) is 10.6 Å². The van der Waals surface area contributed by atoms with Crippen molar-refractivity contribution in [3.8, 4) is 5.75 Å². The van der Waals surface area contributed by atoms with E-state index in [4.69, 9.17) is 4.74 Å². The monoisotopic (exact) mass is 262 g/mol. The van der Waals surface area contributed by atoms with Gasteiger partial charge in [0.25, 0.3) is 5.91 Å². The van der Waals surface area contributed by atoms with Crippen LogP contribution in [0.5, 0.6) is 5.75 Å². The lowest BCUT2D eigenvalue weighted by Crippen LogP contribution is -2.41. The van der Waals surface area contributed by atoms with Crippen LogP contribution in [0, 0.1) is 11.8 Å². The number of carbonyl (C=O) groups excluding carboxylic acids is 1. The maximum Gasteiger partial charge on any atom is 0.251 e. The Kier molecular flexibility index (Phi) is 4.80. The van der Waals surface area contributed by atoms with E-state index in [1.807, 2.05) is 12.1 Å². The van der Waals surface area contributed by atoms with Crippen molar-refractivity contribution < 1.29 is 9.53 Å². The van der Waals surface area contributed by atoms with E-state index in [0.717, 1.165) is 31.8 Å². The van der Waals surface area contributed by atoms with E-state index >= 15 is 0 Å². The number of methoxy groups -OCH3 is 1. The molecule has 104 valence electrons. The van der Waals surface area contributed by atoms with Gasteiger partial charge < -0.3 is 15.4 Å². The van der Waals surface area contributed by atoms with Crippen LogP contribution in [-0.2, 0) is 0 Å². The molecule has 0 radical (unpaired) electrons. The molecule has 1 saturated heterocycles. The lowest BCUT2D eigenvalue weighted by atomic mass is 9.88. The van der Waals surface area contributed by atoms with Gasteiger partial charge in [-0.2, -0.15) is 0 Å². The van der Waals surface area contributed by atoms with Crippen molar-refractivity contribution in [3.05, 3.63) is 29.8 Å². The van der Waals surface area contributed by atoms with E-state index in [1.54, 1.807) is 19.2 Å². The van der Waals surface area contributed by atoms with Gasteiger partial charge in [0.15, 0.2) is 0 Å². The molecule has 2 rings (SSSR count). The Bertz CT molecular complexity index is 417. The summed E-state index contributed by atoms with van der Waals surface area (Å²) in [7, 11) is 1.62. The molecule has 2 N–H and O–H groups in total. The summed E-state index contributed by atoms with van der Waals surface area (Å²) < 4.78 is 5.08. The van der Waals surface area contributed by atoms with E-state index in [2.05, 4.69) is 17.6 Å². The minimum Gasteiger partial charge on any atom is -0.497 e. The molecule has 4 heteroatoms. The van der Waals surface area contributed by atoms with Crippen LogP contribution in [0.2, 0.25) is 0 Å². The van der Waals surface area contributed by atoms with Crippen LogP contribution in [0.1, 0.15) is 23.7 Å². The van der Waals surface area contributed by atoms with Crippen LogP contribution >= 0.6 is 0 Å². The van der Waals surface area contributed by atoms with Crippen molar-refractivity contribution in [2.24, 2.45) is 11.8 Å². The second-order valence-electron chi connectivity index (χ2n) is 5.17. The third-order valence-corrected chi connectivity index (χ3v) is 3.84. The van der Waals surface area contributed by atoms with Crippen LogP contribution in [-0.4, -0.2) is 32.7 Å². The smallest absolute Gasteiger partial charge is 0.251 e. The Morgan fingerprint density at radius 2 is 2.16 bits per heavy atom. The predicted octanol–water partition coefficient (Wildman–Crippen LogP) is 1.67. The standard InChI is InChI=1S/C15H22N2O2/c1-11-9-16-8-7-13(11)10-17-15(18)12-3-5-14(19-2)6-4-12/h3-6,11,13,16H,7-10H2,1-2H3,(H,17,18). The van der Waals surface area contributed by atoms with Gasteiger partial charge in [0.05, 0.1) is 7.11 Å². The molecule has 0 aromatic heterocycles. The number of ether oxygens (including phenoxy) is 1. The van der Waals surface area contributed by atoms with Crippen molar-refractivity contribution in [2.75, 3.05) is 26.7 Å². The number of benzene rings is 1. The Balaban J connectivity index is 1.86. The number of amides is 1. The molecule has 0 saturated carbocycles. The lowest BCUT2D eigenvalue weighted by Gasteiger charge is -2.29. The highest BCUT2D eigenvalue weighted by Crippen LogP contribution is 2.17. The molecule has 0 bridgehead atoms. The van der Waals surface area contributed by atoms with Gasteiger partial charge in [-0.05, 0) is 55.6 Å². The molecule has 1 aliphatic rings. The zero-order chi connectivity index (χ0) is 13.7. The molecular weight excluding hydrogens is 240 g/mol. The van der Waals surface area contributed by atoms with Gasteiger partial charge in [0.1, 0.15) is 5.75 Å². The second kappa shape index (κ2) is 6.57. The molecule has 2 unspecified atom stereocenters. The number of piperidine rings is 1. The first kappa shape index (κ1) is 13.9. The third kappa shape index (κ3) is 3.70. The average Bonchev–Trinajstić information content (AvgIpc) is 2.46. The molecule has 1 aliphatic heterocycles. The first-order valence-corrected chi connectivity index (χ1v) is 6.83. The van der Waals surface area contributed by atoms with Crippen molar-refractivity contribution in [3.63, 3.8) is 0 Å². The summed E-state index contributed by atoms with van der Waals surface area (Å²) in [6.07, 6.45) is 1.13. The van der Waals surface area contributed by atoms with Crippen LogP contribution in [0.25, 0.3) is 0 Å². The molecular formula is C15H22N2O2. The predicted molar refractivity (Wildman–Crippen MR) is 75.5 cm³/mol. The highest BCUT2D eigenvalue weighted by Gasteiger charge is 2.21. The van der Waals surface area contributed by atoms with Crippen LogP contribution < -0.4 is 15.4 Å². The van der Waals surface area contributed by atoms with Gasteiger partial charge in [-0.25, -0.2) is 0 Å². The summed E-state index contributed by atoms with van der Waals surface area (Å²) in [5, 5.41) is 6.40. The fraction of sp³-hybridized carbons (Fsp3) is 0.533. The summed E-state index contributed by atoms with van der Waals surface area (Å²) in [4.78, 5) is 12.0. The molecule has 1 fully saturated rings. The molecule has 2 atom stereocenters. The SMILES string of the molecule is COc1ccc(C(=O)NCC2CCNCC2C)cc1. The molecule has 1 aromatic rings. The minimum absolute atomic E-state index is 0.00612. The summed E-state index contributed by atoms with van der Waals surface area (Å²) in [6, 6.07) is 7.20. The van der Waals surface area contributed by atoms with Gasteiger partial charge in [0, 0.05) is 12.1 Å². The van der Waals surface area contributed by atoms with Gasteiger partial charge in [-0.1, -0.05) is 6.92 Å². The Hall–Kier alpha value is -1.55. The van der Waals surface area contributed by atoms with Gasteiger partial charge in [0.2, 0.25) is 0 Å². The number of carbonyl (C=O) groups is 1. The molecule has 0 aliphatic carbocycles. The first-order chi connectivity index (χ1) is 9.20. The van der Waals surface area contributed by atoms with Gasteiger partial charge in [-0.3, -0.25) is 4.79 Å². The van der Waals surface area contributed by atoms with Crippen LogP contribution in [0.15, 0.2) is 24.3 Å². The van der Waals surface area contributed by atoms with E-state index in [-0.39, 0.29) is 5.91 Å². The van der Waals surface area contributed by atoms with E-state index in [0.29, 0.717) is 17.4 Å². The third-order valence-electron chi connectivity index (χ3n) is 3.84. The second-order valence-corrected chi connectivity index (χ2v) is 5.17. The molecule has 19 heavy (non-hydrogen) atoms. The molecule has 4 nitrogen and oxygen atoms in total. The fourth-order valence-corrected chi connectivity index (χ4v) is 2.44. The molecule has 1 heterocycles. The first-order valence-electron chi connectivity index (χ1n) is 6.83. The zero-order valence-electron chi connectivity index (χ0n) is 11.6. The number of rotatable bonds is 4. The van der Waals surface area contributed by atoms with E-state index in [9.17, 15) is 4.79 Å².